The van der Waals surface area contributed by atoms with Crippen LogP contribution in [0.25, 0.3) is 0 Å². The smallest absolute Gasteiger partial charge is 0.372 e. The normalized spacial score (nSPS) is 9.42. The minimum Gasteiger partial charge on any atom is -1.00 e. The van der Waals surface area contributed by atoms with E-state index in [-0.39, 0.29) is 31.5 Å². The van der Waals surface area contributed by atoms with E-state index in [1.165, 1.54) is 18.4 Å². The van der Waals surface area contributed by atoms with E-state index in [0.717, 1.165) is 0 Å². The molecule has 0 aliphatic rings. The van der Waals surface area contributed by atoms with E-state index >= 15 is 0 Å². The lowest BCUT2D eigenvalue weighted by atomic mass is 10.1. The molecule has 1 aromatic rings. The molecule has 0 aromatic carbocycles. The molecule has 0 amide bonds. The van der Waals surface area contributed by atoms with Crippen LogP contribution in [0.4, 0.5) is 0 Å². The van der Waals surface area contributed by atoms with Crippen LogP contribution in [0.3, 0.4) is 0 Å². The molecule has 6 nitrogen and oxygen atoms in total. The first-order chi connectivity index (χ1) is 8.41. The number of esters is 2. The second-order valence-corrected chi connectivity index (χ2v) is 3.81. The molecule has 0 spiro atoms. The van der Waals surface area contributed by atoms with Gasteiger partial charge in [0, 0.05) is 25.5 Å². The number of carbonyl (C=O) groups excluding carboxylic acids is 2. The standard InChI is InChI=1S/C12H15NO5.ClH/c1-8(14)17-6-10-4-5-13(3)12(16)11(10)7-18-9(2)15;/h4-5H,6-7H2,1-3H3;1H. The van der Waals surface area contributed by atoms with Crippen LogP contribution >= 0.6 is 0 Å². The van der Waals surface area contributed by atoms with Gasteiger partial charge in [-0.3, -0.25) is 9.59 Å². The Kier molecular flexibility index (Phi) is 6.85. The lowest BCUT2D eigenvalue weighted by molar-refractivity contribution is -0.678. The molecule has 0 saturated carbocycles. The summed E-state index contributed by atoms with van der Waals surface area (Å²) in [7, 11) is 1.65. The van der Waals surface area contributed by atoms with Gasteiger partial charge in [-0.05, 0) is 0 Å². The second-order valence-electron chi connectivity index (χ2n) is 3.81. The molecule has 0 unspecified atom stereocenters. The van der Waals surface area contributed by atoms with E-state index in [4.69, 9.17) is 9.47 Å². The summed E-state index contributed by atoms with van der Waals surface area (Å²) in [6.45, 7) is 2.55. The van der Waals surface area contributed by atoms with Crippen molar-refractivity contribution < 1.29 is 41.1 Å². The molecule has 1 N–H and O–H groups in total. The maximum Gasteiger partial charge on any atom is 0.372 e. The maximum absolute atomic E-state index is 10.8. The molecular formula is C12H16ClNO5. The fraction of sp³-hybridized carbons (Fsp3) is 0.417. The summed E-state index contributed by atoms with van der Waals surface area (Å²) in [4.78, 5) is 21.6. The predicted molar refractivity (Wildman–Crippen MR) is 60.2 cm³/mol. The van der Waals surface area contributed by atoms with E-state index in [0.29, 0.717) is 11.1 Å². The van der Waals surface area contributed by atoms with Gasteiger partial charge in [0.1, 0.15) is 25.8 Å². The number of pyridine rings is 1. The highest BCUT2D eigenvalue weighted by molar-refractivity contribution is 5.66. The molecule has 0 atom stereocenters. The van der Waals surface area contributed by atoms with Gasteiger partial charge in [0.05, 0.1) is 0 Å². The Morgan fingerprint density at radius 2 is 1.74 bits per heavy atom. The average Bonchev–Trinajstić information content (AvgIpc) is 2.29. The fourth-order valence-electron chi connectivity index (χ4n) is 1.38. The molecule has 1 heterocycles. The molecular weight excluding hydrogens is 274 g/mol. The monoisotopic (exact) mass is 289 g/mol. The first-order valence-corrected chi connectivity index (χ1v) is 5.38. The van der Waals surface area contributed by atoms with Crippen LogP contribution in [-0.4, -0.2) is 17.0 Å². The van der Waals surface area contributed by atoms with Crippen LogP contribution in [0, 0.1) is 0 Å². The Hall–Kier alpha value is -1.82. The highest BCUT2D eigenvalue weighted by atomic mass is 35.5. The Bertz CT molecular complexity index is 475. The van der Waals surface area contributed by atoms with Gasteiger partial charge in [0.15, 0.2) is 6.20 Å². The van der Waals surface area contributed by atoms with Crippen LogP contribution in [0.2, 0.25) is 0 Å². The van der Waals surface area contributed by atoms with Crippen molar-refractivity contribution in [3.63, 3.8) is 0 Å². The van der Waals surface area contributed by atoms with Gasteiger partial charge >= 0.3 is 17.8 Å². The van der Waals surface area contributed by atoms with Gasteiger partial charge in [0.25, 0.3) is 0 Å². The van der Waals surface area contributed by atoms with Gasteiger partial charge < -0.3 is 27.0 Å². The summed E-state index contributed by atoms with van der Waals surface area (Å²) < 4.78 is 11.2. The quantitative estimate of drug-likeness (QED) is 0.484. The third-order valence-corrected chi connectivity index (χ3v) is 2.34. The first-order valence-electron chi connectivity index (χ1n) is 5.38. The molecule has 1 rings (SSSR count). The van der Waals surface area contributed by atoms with Gasteiger partial charge in [-0.1, -0.05) is 0 Å². The van der Waals surface area contributed by atoms with E-state index in [2.05, 4.69) is 0 Å². The van der Waals surface area contributed by atoms with Gasteiger partial charge in [-0.15, -0.1) is 0 Å². The molecule has 0 fully saturated rings. The lowest BCUT2D eigenvalue weighted by Crippen LogP contribution is -3.00. The Morgan fingerprint density at radius 3 is 2.26 bits per heavy atom. The zero-order valence-electron chi connectivity index (χ0n) is 11.0. The van der Waals surface area contributed by atoms with Crippen molar-refractivity contribution in [2.24, 2.45) is 7.05 Å². The highest BCUT2D eigenvalue weighted by Crippen LogP contribution is 2.18. The van der Waals surface area contributed by atoms with Crippen LogP contribution < -0.4 is 17.0 Å². The average molecular weight is 290 g/mol. The number of ether oxygens (including phenoxy) is 2. The topological polar surface area (TPSA) is 76.7 Å². The summed E-state index contributed by atoms with van der Waals surface area (Å²) in [5.41, 5.74) is 1.03. The SMILES string of the molecule is CC(=O)OCc1cc[n+](C)c(O)c1COC(C)=O.[Cl-]. The van der Waals surface area contributed by atoms with Crippen molar-refractivity contribution in [3.05, 3.63) is 23.4 Å². The number of aromatic nitrogens is 1. The molecule has 0 bridgehead atoms. The van der Waals surface area contributed by atoms with Crippen molar-refractivity contribution in [1.82, 2.24) is 0 Å². The van der Waals surface area contributed by atoms with Gasteiger partial charge in [-0.2, -0.15) is 4.57 Å². The Morgan fingerprint density at radius 1 is 1.21 bits per heavy atom. The number of aromatic hydroxyl groups is 1. The molecule has 0 aliphatic heterocycles. The van der Waals surface area contributed by atoms with E-state index in [9.17, 15) is 14.7 Å². The molecule has 1 aromatic heterocycles. The Labute approximate surface area is 117 Å². The number of aryl methyl sites for hydroxylation is 1. The minimum atomic E-state index is -0.445. The van der Waals surface area contributed by atoms with Crippen molar-refractivity contribution >= 4 is 11.9 Å². The zero-order chi connectivity index (χ0) is 13.7. The summed E-state index contributed by atoms with van der Waals surface area (Å²) in [6, 6.07) is 1.70. The van der Waals surface area contributed by atoms with Crippen LogP contribution in [-0.2, 0) is 39.3 Å². The van der Waals surface area contributed by atoms with E-state index < -0.39 is 11.9 Å². The molecule has 7 heteroatoms. The number of nitrogens with zero attached hydrogens (tertiary/aromatic N) is 1. The Balaban J connectivity index is 0.00000324. The van der Waals surface area contributed by atoms with Crippen LogP contribution in [0.1, 0.15) is 25.0 Å². The van der Waals surface area contributed by atoms with Crippen molar-refractivity contribution in [2.75, 3.05) is 0 Å². The number of halogens is 1. The molecule has 106 valence electrons. The molecule has 0 aliphatic carbocycles. The van der Waals surface area contributed by atoms with Gasteiger partial charge in [-0.25, -0.2) is 0 Å². The predicted octanol–water partition coefficient (Wildman–Crippen LogP) is -2.65. The largest absolute Gasteiger partial charge is 1.00 e. The molecule has 0 radical (unpaired) electrons. The van der Waals surface area contributed by atoms with Crippen molar-refractivity contribution in [1.29, 1.82) is 0 Å². The summed E-state index contributed by atoms with van der Waals surface area (Å²) in [6.07, 6.45) is 1.63. The van der Waals surface area contributed by atoms with Crippen molar-refractivity contribution in [3.8, 4) is 5.88 Å². The second kappa shape index (κ2) is 7.58. The summed E-state index contributed by atoms with van der Waals surface area (Å²) in [5, 5.41) is 9.89. The minimum absolute atomic E-state index is 0. The molecule has 19 heavy (non-hydrogen) atoms. The van der Waals surface area contributed by atoms with Crippen LogP contribution in [0.5, 0.6) is 5.88 Å². The highest BCUT2D eigenvalue weighted by Gasteiger charge is 2.18. The number of carbonyl (C=O) groups is 2. The maximum atomic E-state index is 10.8. The first kappa shape index (κ1) is 17.2. The lowest BCUT2D eigenvalue weighted by Gasteiger charge is -2.09. The molecule has 0 saturated heterocycles. The van der Waals surface area contributed by atoms with Crippen LogP contribution in [0.15, 0.2) is 12.3 Å². The summed E-state index contributed by atoms with van der Waals surface area (Å²) >= 11 is 0. The third-order valence-electron chi connectivity index (χ3n) is 2.34. The van der Waals surface area contributed by atoms with E-state index in [1.54, 1.807) is 19.3 Å². The van der Waals surface area contributed by atoms with Crippen molar-refractivity contribution in [2.45, 2.75) is 27.1 Å². The number of hydrogen-bond acceptors (Lipinski definition) is 5. The number of hydrogen-bond donors (Lipinski definition) is 1. The summed E-state index contributed by atoms with van der Waals surface area (Å²) in [5.74, 6) is -0.888. The van der Waals surface area contributed by atoms with Gasteiger partial charge in [0.2, 0.25) is 0 Å². The fourth-order valence-corrected chi connectivity index (χ4v) is 1.38. The number of rotatable bonds is 4. The third kappa shape index (κ3) is 5.13. The van der Waals surface area contributed by atoms with E-state index in [1.807, 2.05) is 0 Å². The zero-order valence-corrected chi connectivity index (χ0v) is 11.7.